The van der Waals surface area contributed by atoms with Crippen molar-refractivity contribution in [2.24, 2.45) is 10.7 Å². The number of aliphatic imine (C=N–C) groups is 1. The summed E-state index contributed by atoms with van der Waals surface area (Å²) in [6, 6.07) is 10.3. The Kier molecular flexibility index (Phi) is 6.93. The molecule has 144 valence electrons. The summed E-state index contributed by atoms with van der Waals surface area (Å²) in [5.74, 6) is 1.13. The van der Waals surface area contributed by atoms with Crippen LogP contribution >= 0.6 is 24.0 Å². The van der Waals surface area contributed by atoms with Crippen molar-refractivity contribution < 1.29 is 4.74 Å². The van der Waals surface area contributed by atoms with Crippen LogP contribution in [0, 0.1) is 0 Å². The Morgan fingerprint density at radius 2 is 2.04 bits per heavy atom. The van der Waals surface area contributed by atoms with Crippen LogP contribution in [-0.4, -0.2) is 17.0 Å². The predicted octanol–water partition coefficient (Wildman–Crippen LogP) is 4.44. The molecule has 2 aliphatic carbocycles. The van der Waals surface area contributed by atoms with Crippen molar-refractivity contribution in [2.45, 2.75) is 57.6 Å². The molecule has 2 aliphatic rings. The Balaban J connectivity index is 0.00000210. The standard InChI is InChI=1S/C21H26N4O.HI/c22-21(25-19-10-3-6-16-5-1-2-9-18(16)19)24-14-15-11-12-23-20(13-15)26-17-7-4-8-17;/h3,6,10-13,17H,1-2,4-5,7-9,14H2,(H3,22,24,25);1H. The minimum absolute atomic E-state index is 0. The summed E-state index contributed by atoms with van der Waals surface area (Å²) in [5, 5.41) is 3.29. The highest BCUT2D eigenvalue weighted by Gasteiger charge is 2.19. The lowest BCUT2D eigenvalue weighted by atomic mass is 9.90. The third-order valence-corrected chi connectivity index (χ3v) is 5.23. The summed E-state index contributed by atoms with van der Waals surface area (Å²) in [4.78, 5) is 8.78. The lowest BCUT2D eigenvalue weighted by Crippen LogP contribution is -2.25. The maximum Gasteiger partial charge on any atom is 0.213 e. The summed E-state index contributed by atoms with van der Waals surface area (Å²) < 4.78 is 5.85. The quantitative estimate of drug-likeness (QED) is 0.379. The lowest BCUT2D eigenvalue weighted by Gasteiger charge is -2.25. The van der Waals surface area contributed by atoms with Gasteiger partial charge >= 0.3 is 0 Å². The number of hydrogen-bond acceptors (Lipinski definition) is 3. The molecule has 0 amide bonds. The van der Waals surface area contributed by atoms with Gasteiger partial charge in [0.1, 0.15) is 6.10 Å². The van der Waals surface area contributed by atoms with Gasteiger partial charge in [-0.15, -0.1) is 24.0 Å². The third kappa shape index (κ3) is 5.12. The van der Waals surface area contributed by atoms with E-state index in [0.29, 0.717) is 24.5 Å². The van der Waals surface area contributed by atoms with Gasteiger partial charge in [0.25, 0.3) is 0 Å². The number of benzene rings is 1. The molecular formula is C21H27IN4O. The second-order valence-electron chi connectivity index (χ2n) is 7.15. The molecule has 0 radical (unpaired) electrons. The van der Waals surface area contributed by atoms with Crippen LogP contribution in [0.15, 0.2) is 41.5 Å². The van der Waals surface area contributed by atoms with E-state index in [2.05, 4.69) is 33.5 Å². The van der Waals surface area contributed by atoms with Gasteiger partial charge in [-0.25, -0.2) is 9.98 Å². The molecule has 1 saturated carbocycles. The van der Waals surface area contributed by atoms with Crippen molar-refractivity contribution in [1.29, 1.82) is 0 Å². The zero-order valence-electron chi connectivity index (χ0n) is 15.5. The van der Waals surface area contributed by atoms with Gasteiger partial charge in [0.2, 0.25) is 5.88 Å². The number of pyridine rings is 1. The van der Waals surface area contributed by atoms with Crippen LogP contribution in [0.3, 0.4) is 0 Å². The van der Waals surface area contributed by atoms with Crippen molar-refractivity contribution in [3.8, 4) is 5.88 Å². The number of nitrogens with two attached hydrogens (primary N) is 1. The average molecular weight is 478 g/mol. The third-order valence-electron chi connectivity index (χ3n) is 5.23. The number of fused-ring (bicyclic) bond motifs is 1. The number of hydrogen-bond donors (Lipinski definition) is 2. The first-order valence-corrected chi connectivity index (χ1v) is 9.57. The maximum absolute atomic E-state index is 6.13. The molecule has 3 N–H and O–H groups in total. The summed E-state index contributed by atoms with van der Waals surface area (Å²) in [6.45, 7) is 0.511. The average Bonchev–Trinajstić information content (AvgIpc) is 2.64. The van der Waals surface area contributed by atoms with Gasteiger partial charge in [-0.3, -0.25) is 0 Å². The fraction of sp³-hybridized carbons (Fsp3) is 0.429. The molecule has 1 aromatic heterocycles. The molecule has 0 aliphatic heterocycles. The number of aryl methyl sites for hydroxylation is 1. The molecule has 0 saturated heterocycles. The summed E-state index contributed by atoms with van der Waals surface area (Å²) in [7, 11) is 0. The van der Waals surface area contributed by atoms with E-state index in [4.69, 9.17) is 10.5 Å². The molecule has 27 heavy (non-hydrogen) atoms. The number of rotatable bonds is 5. The van der Waals surface area contributed by atoms with Gasteiger partial charge in [-0.1, -0.05) is 12.1 Å². The van der Waals surface area contributed by atoms with E-state index in [9.17, 15) is 0 Å². The molecule has 0 bridgehead atoms. The number of ether oxygens (including phenoxy) is 1. The zero-order valence-corrected chi connectivity index (χ0v) is 17.8. The van der Waals surface area contributed by atoms with Gasteiger partial charge in [0.05, 0.1) is 6.54 Å². The van der Waals surface area contributed by atoms with Crippen molar-refractivity contribution in [2.75, 3.05) is 5.32 Å². The number of aromatic nitrogens is 1. The van der Waals surface area contributed by atoms with E-state index in [1.807, 2.05) is 12.1 Å². The molecule has 5 nitrogen and oxygen atoms in total. The predicted molar refractivity (Wildman–Crippen MR) is 120 cm³/mol. The van der Waals surface area contributed by atoms with Crippen LogP contribution in [0.5, 0.6) is 5.88 Å². The van der Waals surface area contributed by atoms with Crippen molar-refractivity contribution in [3.63, 3.8) is 0 Å². The molecule has 1 aromatic carbocycles. The fourth-order valence-electron chi connectivity index (χ4n) is 3.53. The van der Waals surface area contributed by atoms with Crippen molar-refractivity contribution in [3.05, 3.63) is 53.2 Å². The van der Waals surface area contributed by atoms with E-state index in [-0.39, 0.29) is 24.0 Å². The number of nitrogens with zero attached hydrogens (tertiary/aromatic N) is 2. The van der Waals surface area contributed by atoms with Gasteiger partial charge in [0, 0.05) is 18.0 Å². The Morgan fingerprint density at radius 1 is 1.19 bits per heavy atom. The first-order valence-electron chi connectivity index (χ1n) is 9.57. The largest absolute Gasteiger partial charge is 0.474 e. The summed E-state index contributed by atoms with van der Waals surface area (Å²) in [5.41, 5.74) is 11.1. The van der Waals surface area contributed by atoms with Gasteiger partial charge in [-0.2, -0.15) is 0 Å². The Labute approximate surface area is 177 Å². The number of guanidine groups is 1. The number of halogens is 1. The molecule has 2 aromatic rings. The minimum Gasteiger partial charge on any atom is -0.474 e. The SMILES string of the molecule is I.NC(=NCc1ccnc(OC2CCC2)c1)Nc1cccc2c1CCCC2. The molecule has 4 rings (SSSR count). The highest BCUT2D eigenvalue weighted by atomic mass is 127. The Morgan fingerprint density at radius 3 is 2.85 bits per heavy atom. The van der Waals surface area contributed by atoms with Crippen LogP contribution in [0.25, 0.3) is 0 Å². The second-order valence-corrected chi connectivity index (χ2v) is 7.15. The Hall–Kier alpha value is -1.83. The topological polar surface area (TPSA) is 72.5 Å². The van der Waals surface area contributed by atoms with Gasteiger partial charge < -0.3 is 15.8 Å². The van der Waals surface area contributed by atoms with E-state index in [1.54, 1.807) is 6.20 Å². The van der Waals surface area contributed by atoms with E-state index >= 15 is 0 Å². The summed E-state index contributed by atoms with van der Waals surface area (Å²) in [6.07, 6.45) is 10.4. The van der Waals surface area contributed by atoms with Gasteiger partial charge in [-0.05, 0) is 73.8 Å². The van der Waals surface area contributed by atoms with Crippen LogP contribution in [0.4, 0.5) is 5.69 Å². The molecule has 6 heteroatoms. The molecule has 1 heterocycles. The van der Waals surface area contributed by atoms with Crippen molar-refractivity contribution >= 4 is 35.6 Å². The highest BCUT2D eigenvalue weighted by Crippen LogP contribution is 2.28. The minimum atomic E-state index is 0. The van der Waals surface area contributed by atoms with Crippen LogP contribution in [0.1, 0.15) is 48.8 Å². The maximum atomic E-state index is 6.13. The van der Waals surface area contributed by atoms with Gasteiger partial charge in [0.15, 0.2) is 5.96 Å². The van der Waals surface area contributed by atoms with Crippen molar-refractivity contribution in [1.82, 2.24) is 4.98 Å². The monoisotopic (exact) mass is 478 g/mol. The number of anilines is 1. The lowest BCUT2D eigenvalue weighted by molar-refractivity contribution is 0.114. The molecule has 0 spiro atoms. The first kappa shape index (κ1) is 19.9. The van der Waals surface area contributed by atoms with Crippen LogP contribution in [-0.2, 0) is 19.4 Å². The van der Waals surface area contributed by atoms with E-state index in [0.717, 1.165) is 36.9 Å². The number of nitrogens with one attached hydrogen (secondary N) is 1. The molecule has 0 unspecified atom stereocenters. The van der Waals surface area contributed by atoms with Crippen LogP contribution < -0.4 is 15.8 Å². The second kappa shape index (κ2) is 9.39. The molecular weight excluding hydrogens is 451 g/mol. The van der Waals surface area contributed by atoms with E-state index < -0.39 is 0 Å². The zero-order chi connectivity index (χ0) is 17.8. The smallest absolute Gasteiger partial charge is 0.213 e. The summed E-state index contributed by atoms with van der Waals surface area (Å²) >= 11 is 0. The Bertz CT molecular complexity index is 805. The molecule has 1 fully saturated rings. The normalized spacial score (nSPS) is 16.7. The highest BCUT2D eigenvalue weighted by molar-refractivity contribution is 14.0. The van der Waals surface area contributed by atoms with Crippen LogP contribution in [0.2, 0.25) is 0 Å². The van der Waals surface area contributed by atoms with E-state index in [1.165, 1.54) is 30.4 Å². The fourth-order valence-corrected chi connectivity index (χ4v) is 3.53. The molecule has 0 atom stereocenters. The first-order chi connectivity index (χ1) is 12.8.